The van der Waals surface area contributed by atoms with Gasteiger partial charge in [0.25, 0.3) is 5.91 Å². The van der Waals surface area contributed by atoms with Crippen LogP contribution >= 0.6 is 46.4 Å². The molecule has 1 aliphatic rings. The van der Waals surface area contributed by atoms with E-state index in [9.17, 15) is 14.0 Å². The lowest BCUT2D eigenvalue weighted by Gasteiger charge is -2.09. The molecule has 9 heteroatoms. The molecule has 2 atom stereocenters. The Morgan fingerprint density at radius 2 is 1.63 bits per heavy atom. The molecule has 0 aromatic heterocycles. The van der Waals surface area contributed by atoms with Crippen molar-refractivity contribution in [1.29, 1.82) is 0 Å². The summed E-state index contributed by atoms with van der Waals surface area (Å²) in [6, 6.07) is 15.6. The summed E-state index contributed by atoms with van der Waals surface area (Å²) >= 11 is 25.8. The van der Waals surface area contributed by atoms with Gasteiger partial charge < -0.3 is 5.32 Å². The number of alkyl halides is 2. The van der Waals surface area contributed by atoms with Crippen LogP contribution in [-0.4, -0.2) is 24.1 Å². The van der Waals surface area contributed by atoms with Crippen LogP contribution in [0.3, 0.4) is 0 Å². The van der Waals surface area contributed by atoms with Gasteiger partial charge in [0, 0.05) is 23.6 Å². The quantitative estimate of drug-likeness (QED) is 0.174. The molecular weight excluding hydrogens is 583 g/mol. The number of ketones is 1. The summed E-state index contributed by atoms with van der Waals surface area (Å²) in [6.45, 7) is 6.43. The van der Waals surface area contributed by atoms with Crippen molar-refractivity contribution in [3.63, 3.8) is 0 Å². The van der Waals surface area contributed by atoms with Gasteiger partial charge in [-0.15, -0.1) is 28.7 Å². The lowest BCUT2D eigenvalue weighted by atomic mass is 10.00. The third kappa shape index (κ3) is 6.62. The Bertz CT molecular complexity index is 1470. The van der Waals surface area contributed by atoms with Crippen LogP contribution in [0.5, 0.6) is 0 Å². The highest BCUT2D eigenvalue weighted by Crippen LogP contribution is 2.65. The number of Topliss-reactive ketones (excluding diaryl/α,β-unsaturated/α-hetero) is 1. The van der Waals surface area contributed by atoms with E-state index in [1.54, 1.807) is 24.3 Å². The highest BCUT2D eigenvalue weighted by Gasteiger charge is 2.66. The van der Waals surface area contributed by atoms with Crippen LogP contribution in [0.4, 0.5) is 10.1 Å². The Morgan fingerprint density at radius 1 is 0.974 bits per heavy atom. The van der Waals surface area contributed by atoms with Crippen LogP contribution in [-0.2, 0) is 11.2 Å². The molecule has 3 aromatic rings. The number of hydrogen-bond donors (Lipinski definition) is 1. The maximum absolute atomic E-state index is 13.3. The van der Waals surface area contributed by atoms with E-state index in [4.69, 9.17) is 46.4 Å². The van der Waals surface area contributed by atoms with Gasteiger partial charge in [-0.05, 0) is 59.7 Å². The minimum absolute atomic E-state index is 0.0201. The largest absolute Gasteiger partial charge is 0.322 e. The first kappa shape index (κ1) is 28.7. The fourth-order valence-corrected chi connectivity index (χ4v) is 5.88. The standard InChI is InChI=1S/C29H24Cl4FNO2Si/c1-38(2,3)13-12-18-16-19(5-11-23(18)30)26-27(29(26,32)33)25(36)15-17-4-10-24(31)22(14-17)28(37)35-21-8-6-20(34)7-9-21/h4-11,14,16,26-27H,15H2,1-3H3,(H,35,37). The highest BCUT2D eigenvalue weighted by atomic mass is 35.5. The zero-order valence-electron chi connectivity index (χ0n) is 20.8. The number of hydrogen-bond acceptors (Lipinski definition) is 2. The number of halogens is 5. The molecule has 0 aliphatic heterocycles. The predicted molar refractivity (Wildman–Crippen MR) is 157 cm³/mol. The topological polar surface area (TPSA) is 46.2 Å². The average molecular weight is 607 g/mol. The first-order valence-electron chi connectivity index (χ1n) is 11.8. The van der Waals surface area contributed by atoms with Gasteiger partial charge in [0.1, 0.15) is 24.0 Å². The van der Waals surface area contributed by atoms with E-state index in [1.807, 2.05) is 12.1 Å². The van der Waals surface area contributed by atoms with Crippen molar-refractivity contribution < 1.29 is 14.0 Å². The molecule has 38 heavy (non-hydrogen) atoms. The molecule has 1 amide bonds. The number of rotatable bonds is 6. The van der Waals surface area contributed by atoms with E-state index in [-0.39, 0.29) is 22.8 Å². The van der Waals surface area contributed by atoms with E-state index in [2.05, 4.69) is 36.4 Å². The molecule has 1 saturated carbocycles. The first-order chi connectivity index (χ1) is 17.8. The van der Waals surface area contributed by atoms with Crippen molar-refractivity contribution >= 4 is 71.9 Å². The van der Waals surface area contributed by atoms with E-state index < -0.39 is 36.0 Å². The molecule has 2 unspecified atom stereocenters. The van der Waals surface area contributed by atoms with Crippen LogP contribution < -0.4 is 5.32 Å². The molecule has 0 heterocycles. The maximum Gasteiger partial charge on any atom is 0.257 e. The lowest BCUT2D eigenvalue weighted by Crippen LogP contribution is -2.16. The molecule has 3 aromatic carbocycles. The molecule has 0 saturated heterocycles. The van der Waals surface area contributed by atoms with E-state index in [1.165, 1.54) is 24.3 Å². The van der Waals surface area contributed by atoms with E-state index in [0.717, 1.165) is 5.56 Å². The molecular formula is C29H24Cl4FNO2Si. The van der Waals surface area contributed by atoms with Gasteiger partial charge in [-0.3, -0.25) is 9.59 Å². The van der Waals surface area contributed by atoms with Crippen molar-refractivity contribution in [2.24, 2.45) is 5.92 Å². The Balaban J connectivity index is 1.51. The molecule has 1 fully saturated rings. The summed E-state index contributed by atoms with van der Waals surface area (Å²) in [6.07, 6.45) is 0.0201. The number of amides is 1. The van der Waals surface area contributed by atoms with Crippen LogP contribution in [0.25, 0.3) is 0 Å². The van der Waals surface area contributed by atoms with Crippen LogP contribution in [0.15, 0.2) is 60.7 Å². The molecule has 1 aliphatic carbocycles. The number of benzene rings is 3. The van der Waals surface area contributed by atoms with Gasteiger partial charge in [0.05, 0.1) is 21.5 Å². The number of anilines is 1. The lowest BCUT2D eigenvalue weighted by molar-refractivity contribution is -0.119. The van der Waals surface area contributed by atoms with Gasteiger partial charge in [-0.2, -0.15) is 0 Å². The average Bonchev–Trinajstić information content (AvgIpc) is 3.42. The van der Waals surface area contributed by atoms with Gasteiger partial charge in [0.2, 0.25) is 0 Å². The first-order valence-corrected chi connectivity index (χ1v) is 16.9. The van der Waals surface area contributed by atoms with Gasteiger partial charge >= 0.3 is 0 Å². The molecule has 196 valence electrons. The molecule has 0 radical (unpaired) electrons. The normalized spacial score (nSPS) is 17.8. The summed E-state index contributed by atoms with van der Waals surface area (Å²) in [5.74, 6) is 1.09. The highest BCUT2D eigenvalue weighted by molar-refractivity contribution is 6.83. The van der Waals surface area contributed by atoms with Gasteiger partial charge in [-0.1, -0.05) is 60.9 Å². The minimum atomic E-state index is -1.62. The summed E-state index contributed by atoms with van der Waals surface area (Å²) in [4.78, 5) is 26.1. The number of carbonyl (C=O) groups excluding carboxylic acids is 2. The maximum atomic E-state index is 13.3. The fourth-order valence-electron chi connectivity index (χ4n) is 4.13. The number of carbonyl (C=O) groups is 2. The third-order valence-electron chi connectivity index (χ3n) is 6.08. The van der Waals surface area contributed by atoms with Crippen molar-refractivity contribution in [2.75, 3.05) is 5.32 Å². The smallest absolute Gasteiger partial charge is 0.257 e. The Kier molecular flexibility index (Phi) is 8.33. The Hall–Kier alpha value is -2.33. The summed E-state index contributed by atoms with van der Waals surface area (Å²) in [5, 5.41) is 3.43. The predicted octanol–water partition coefficient (Wildman–Crippen LogP) is 8.31. The van der Waals surface area contributed by atoms with Crippen molar-refractivity contribution in [2.45, 2.75) is 36.3 Å². The fraction of sp³-hybridized carbons (Fsp3) is 0.241. The summed E-state index contributed by atoms with van der Waals surface area (Å²) in [5.41, 5.74) is 5.99. The van der Waals surface area contributed by atoms with Crippen molar-refractivity contribution in [1.82, 2.24) is 0 Å². The molecule has 1 N–H and O–H groups in total. The second kappa shape index (κ2) is 11.0. The Labute approximate surface area is 242 Å². The van der Waals surface area contributed by atoms with E-state index >= 15 is 0 Å². The molecule has 4 rings (SSSR count). The van der Waals surface area contributed by atoms with Crippen molar-refractivity contribution in [3.8, 4) is 11.5 Å². The van der Waals surface area contributed by atoms with Crippen molar-refractivity contribution in [3.05, 3.63) is 98.8 Å². The van der Waals surface area contributed by atoms with Gasteiger partial charge in [0.15, 0.2) is 0 Å². The minimum Gasteiger partial charge on any atom is -0.322 e. The third-order valence-corrected chi connectivity index (χ3v) is 8.55. The van der Waals surface area contributed by atoms with Crippen LogP contribution in [0.2, 0.25) is 29.7 Å². The zero-order chi connectivity index (χ0) is 27.8. The number of nitrogens with one attached hydrogen (secondary N) is 1. The summed E-state index contributed by atoms with van der Waals surface area (Å²) in [7, 11) is -1.62. The van der Waals surface area contributed by atoms with Gasteiger partial charge in [-0.25, -0.2) is 4.39 Å². The zero-order valence-corrected chi connectivity index (χ0v) is 24.9. The van der Waals surface area contributed by atoms with Crippen LogP contribution in [0.1, 0.15) is 33.0 Å². The van der Waals surface area contributed by atoms with Crippen LogP contribution in [0, 0.1) is 23.2 Å². The van der Waals surface area contributed by atoms with E-state index in [0.29, 0.717) is 21.8 Å². The second-order valence-corrected chi connectivity index (χ2v) is 17.3. The monoisotopic (exact) mass is 605 g/mol. The molecule has 0 spiro atoms. The Morgan fingerprint density at radius 3 is 2.29 bits per heavy atom. The second-order valence-electron chi connectivity index (χ2n) is 10.3. The molecule has 0 bridgehead atoms. The SMILES string of the molecule is C[Si](C)(C)C#Cc1cc(C2C(C(=O)Cc3ccc(Cl)c(C(=O)Nc4ccc(F)cc4)c3)C2(Cl)Cl)ccc1Cl. The summed E-state index contributed by atoms with van der Waals surface area (Å²) < 4.78 is 11.9. The molecule has 3 nitrogen and oxygen atoms in total.